The number of benzene rings is 1. The maximum absolute atomic E-state index is 10.3. The summed E-state index contributed by atoms with van der Waals surface area (Å²) in [5.74, 6) is 2.44. The Morgan fingerprint density at radius 3 is 2.82 bits per heavy atom. The van der Waals surface area contributed by atoms with E-state index in [0.717, 1.165) is 30.1 Å². The van der Waals surface area contributed by atoms with Crippen molar-refractivity contribution in [2.75, 3.05) is 0 Å². The van der Waals surface area contributed by atoms with Crippen LogP contribution >= 0.6 is 0 Å². The second kappa shape index (κ2) is 3.26. The van der Waals surface area contributed by atoms with Crippen molar-refractivity contribution in [3.05, 3.63) is 29.8 Å². The highest BCUT2D eigenvalue weighted by molar-refractivity contribution is 5.38. The molecule has 0 aromatic heterocycles. The van der Waals surface area contributed by atoms with Crippen molar-refractivity contribution in [1.29, 1.82) is 0 Å². The first-order valence-corrected chi connectivity index (χ1v) is 6.73. The van der Waals surface area contributed by atoms with Crippen LogP contribution in [0.25, 0.3) is 0 Å². The Morgan fingerprint density at radius 1 is 1.18 bits per heavy atom. The van der Waals surface area contributed by atoms with Gasteiger partial charge in [-0.25, -0.2) is 0 Å². The molecule has 0 radical (unpaired) electrons. The molecule has 1 aromatic carbocycles. The standard InChI is InChI=1S/C15H18O2/c16-13-9-15(8-10-5-6-11(15)7-10)17-14-4-2-1-3-12(13)14/h1-4,10-11,13,16H,5-9H2/t10?,11?,13-,15?/m0/s1. The number of aliphatic hydroxyl groups excluding tert-OH is 1. The fraction of sp³-hybridized carbons (Fsp3) is 0.600. The highest BCUT2D eigenvalue weighted by atomic mass is 16.5. The van der Waals surface area contributed by atoms with Crippen LogP contribution in [-0.2, 0) is 0 Å². The van der Waals surface area contributed by atoms with Crippen LogP contribution in [0.2, 0.25) is 0 Å². The molecule has 1 aromatic rings. The summed E-state index contributed by atoms with van der Waals surface area (Å²) in [6.07, 6.45) is 5.59. The van der Waals surface area contributed by atoms with Crippen molar-refractivity contribution >= 4 is 0 Å². The van der Waals surface area contributed by atoms with E-state index in [0.29, 0.717) is 5.92 Å². The zero-order chi connectivity index (χ0) is 11.5. The van der Waals surface area contributed by atoms with Gasteiger partial charge in [0.1, 0.15) is 11.4 Å². The molecule has 2 aliphatic carbocycles. The number of ether oxygens (including phenoxy) is 1. The molecular weight excluding hydrogens is 212 g/mol. The van der Waals surface area contributed by atoms with E-state index in [1.54, 1.807) is 0 Å². The molecule has 4 rings (SSSR count). The molecule has 2 bridgehead atoms. The first-order valence-electron chi connectivity index (χ1n) is 6.73. The summed E-state index contributed by atoms with van der Waals surface area (Å²) in [6.45, 7) is 0. The lowest BCUT2D eigenvalue weighted by atomic mass is 9.77. The van der Waals surface area contributed by atoms with E-state index in [1.807, 2.05) is 24.3 Å². The summed E-state index contributed by atoms with van der Waals surface area (Å²) in [7, 11) is 0. The molecule has 2 saturated carbocycles. The Morgan fingerprint density at radius 2 is 2.06 bits per heavy atom. The van der Waals surface area contributed by atoms with Gasteiger partial charge in [0.25, 0.3) is 0 Å². The van der Waals surface area contributed by atoms with E-state index in [-0.39, 0.29) is 11.7 Å². The number of aliphatic hydroxyl groups is 1. The third kappa shape index (κ3) is 1.30. The smallest absolute Gasteiger partial charge is 0.125 e. The molecule has 0 saturated heterocycles. The second-order valence-corrected chi connectivity index (χ2v) is 6.00. The topological polar surface area (TPSA) is 29.5 Å². The Balaban J connectivity index is 1.74. The predicted molar refractivity (Wildman–Crippen MR) is 64.8 cm³/mol. The zero-order valence-electron chi connectivity index (χ0n) is 9.93. The Hall–Kier alpha value is -1.02. The Labute approximate surface area is 102 Å². The van der Waals surface area contributed by atoms with E-state index >= 15 is 0 Å². The molecule has 90 valence electrons. The van der Waals surface area contributed by atoms with Crippen LogP contribution in [0.3, 0.4) is 0 Å². The second-order valence-electron chi connectivity index (χ2n) is 6.00. The van der Waals surface area contributed by atoms with Crippen molar-refractivity contribution in [1.82, 2.24) is 0 Å². The third-order valence-corrected chi connectivity index (χ3v) is 5.05. The van der Waals surface area contributed by atoms with Gasteiger partial charge >= 0.3 is 0 Å². The van der Waals surface area contributed by atoms with E-state index in [4.69, 9.17) is 4.74 Å². The van der Waals surface area contributed by atoms with Crippen molar-refractivity contribution in [2.45, 2.75) is 43.8 Å². The maximum Gasteiger partial charge on any atom is 0.125 e. The molecule has 1 heterocycles. The van der Waals surface area contributed by atoms with Crippen molar-refractivity contribution in [3.8, 4) is 5.75 Å². The van der Waals surface area contributed by atoms with Gasteiger partial charge in [-0.2, -0.15) is 0 Å². The van der Waals surface area contributed by atoms with Gasteiger partial charge in [-0.05, 0) is 43.6 Å². The summed E-state index contributed by atoms with van der Waals surface area (Å²) < 4.78 is 6.32. The minimum absolute atomic E-state index is 0.0450. The molecule has 1 N–H and O–H groups in total. The summed E-state index contributed by atoms with van der Waals surface area (Å²) in [4.78, 5) is 0. The summed E-state index contributed by atoms with van der Waals surface area (Å²) >= 11 is 0. The monoisotopic (exact) mass is 230 g/mol. The predicted octanol–water partition coefficient (Wildman–Crippen LogP) is 3.06. The van der Waals surface area contributed by atoms with E-state index in [1.165, 1.54) is 19.3 Å². The molecule has 3 aliphatic rings. The first kappa shape index (κ1) is 9.95. The molecule has 17 heavy (non-hydrogen) atoms. The van der Waals surface area contributed by atoms with E-state index in [9.17, 15) is 5.11 Å². The highest BCUT2D eigenvalue weighted by Gasteiger charge is 2.55. The van der Waals surface area contributed by atoms with Gasteiger partial charge in [-0.1, -0.05) is 18.2 Å². The van der Waals surface area contributed by atoms with Crippen LogP contribution in [0.4, 0.5) is 0 Å². The van der Waals surface area contributed by atoms with Gasteiger partial charge in [-0.3, -0.25) is 0 Å². The molecule has 4 atom stereocenters. The molecule has 1 spiro atoms. The van der Waals surface area contributed by atoms with E-state index in [2.05, 4.69) is 0 Å². The normalized spacial score (nSPS) is 42.5. The van der Waals surface area contributed by atoms with Gasteiger partial charge < -0.3 is 9.84 Å². The highest BCUT2D eigenvalue weighted by Crippen LogP contribution is 2.57. The summed E-state index contributed by atoms with van der Waals surface area (Å²) in [5, 5.41) is 10.3. The molecule has 0 amide bonds. The van der Waals surface area contributed by atoms with Crippen molar-refractivity contribution < 1.29 is 9.84 Å². The summed E-state index contributed by atoms with van der Waals surface area (Å²) in [6, 6.07) is 7.97. The number of hydrogen-bond acceptors (Lipinski definition) is 2. The largest absolute Gasteiger partial charge is 0.486 e. The first-order chi connectivity index (χ1) is 8.27. The minimum Gasteiger partial charge on any atom is -0.486 e. The fourth-order valence-electron chi connectivity index (χ4n) is 4.32. The molecule has 2 nitrogen and oxygen atoms in total. The molecule has 1 aliphatic heterocycles. The molecule has 3 unspecified atom stereocenters. The molecule has 2 fully saturated rings. The van der Waals surface area contributed by atoms with Crippen LogP contribution in [-0.4, -0.2) is 10.7 Å². The maximum atomic E-state index is 10.3. The average molecular weight is 230 g/mol. The number of para-hydroxylation sites is 1. The number of rotatable bonds is 0. The van der Waals surface area contributed by atoms with Crippen LogP contribution in [0.5, 0.6) is 5.75 Å². The third-order valence-electron chi connectivity index (χ3n) is 5.05. The number of fused-ring (bicyclic) bond motifs is 4. The van der Waals surface area contributed by atoms with Gasteiger partial charge in [0.2, 0.25) is 0 Å². The quantitative estimate of drug-likeness (QED) is 0.742. The lowest BCUT2D eigenvalue weighted by molar-refractivity contribution is -0.0509. The Bertz CT molecular complexity index is 456. The van der Waals surface area contributed by atoms with Crippen LogP contribution < -0.4 is 4.74 Å². The SMILES string of the molecule is O[C@H]1CC2(CC3CCC2C3)Oc2ccccc21. The van der Waals surface area contributed by atoms with E-state index < -0.39 is 0 Å². The lowest BCUT2D eigenvalue weighted by Gasteiger charge is -2.43. The molecule has 2 heteroatoms. The zero-order valence-corrected chi connectivity index (χ0v) is 9.93. The van der Waals surface area contributed by atoms with Gasteiger partial charge in [-0.15, -0.1) is 0 Å². The minimum atomic E-state index is -0.334. The lowest BCUT2D eigenvalue weighted by Crippen LogP contribution is -2.45. The molecular formula is C15H18O2. The van der Waals surface area contributed by atoms with Gasteiger partial charge in [0.05, 0.1) is 6.10 Å². The Kier molecular flexibility index (Phi) is 1.91. The van der Waals surface area contributed by atoms with Crippen LogP contribution in [0, 0.1) is 11.8 Å². The summed E-state index contributed by atoms with van der Waals surface area (Å²) in [5.41, 5.74) is 0.928. The van der Waals surface area contributed by atoms with Crippen molar-refractivity contribution in [2.24, 2.45) is 11.8 Å². The van der Waals surface area contributed by atoms with Crippen LogP contribution in [0.1, 0.15) is 43.8 Å². The van der Waals surface area contributed by atoms with Gasteiger partial charge in [0, 0.05) is 12.0 Å². The van der Waals surface area contributed by atoms with Crippen molar-refractivity contribution in [3.63, 3.8) is 0 Å². The fourth-order valence-corrected chi connectivity index (χ4v) is 4.32. The number of hydrogen-bond donors (Lipinski definition) is 1. The van der Waals surface area contributed by atoms with Crippen LogP contribution in [0.15, 0.2) is 24.3 Å². The van der Waals surface area contributed by atoms with Gasteiger partial charge in [0.15, 0.2) is 0 Å². The average Bonchev–Trinajstić information content (AvgIpc) is 2.89.